The summed E-state index contributed by atoms with van der Waals surface area (Å²) in [6, 6.07) is 16.6. The second kappa shape index (κ2) is 11.0. The van der Waals surface area contributed by atoms with Gasteiger partial charge in [-0.3, -0.25) is 9.59 Å². The van der Waals surface area contributed by atoms with Crippen LogP contribution >= 0.6 is 0 Å². The number of nitrogens with one attached hydrogen (secondary N) is 2. The van der Waals surface area contributed by atoms with E-state index in [4.69, 9.17) is 15.1 Å². The van der Waals surface area contributed by atoms with Crippen LogP contribution in [0.2, 0.25) is 0 Å². The lowest BCUT2D eigenvalue weighted by Crippen LogP contribution is -2.48. The van der Waals surface area contributed by atoms with Crippen LogP contribution in [0.3, 0.4) is 0 Å². The molecule has 0 aromatic heterocycles. The number of amides is 2. The van der Waals surface area contributed by atoms with Gasteiger partial charge in [-0.25, -0.2) is 4.79 Å². The van der Waals surface area contributed by atoms with Crippen LogP contribution in [0, 0.1) is 11.3 Å². The number of ether oxygens (including phenoxy) is 1. The first-order valence-corrected chi connectivity index (χ1v) is 10.5. The Morgan fingerprint density at radius 3 is 2.25 bits per heavy atom. The van der Waals surface area contributed by atoms with E-state index < -0.39 is 30.4 Å². The number of hydrogen-bond donors (Lipinski definition) is 3. The average molecular weight is 435 g/mol. The highest BCUT2D eigenvalue weighted by molar-refractivity contribution is 5.89. The zero-order valence-electron chi connectivity index (χ0n) is 17.5. The van der Waals surface area contributed by atoms with Gasteiger partial charge in [0.1, 0.15) is 12.6 Å². The molecule has 8 heteroatoms. The van der Waals surface area contributed by atoms with Gasteiger partial charge in [0.15, 0.2) is 0 Å². The summed E-state index contributed by atoms with van der Waals surface area (Å²) in [6.07, 6.45) is 0.183. The molecule has 2 amide bonds. The van der Waals surface area contributed by atoms with Crippen LogP contribution in [-0.2, 0) is 14.3 Å². The van der Waals surface area contributed by atoms with Crippen LogP contribution in [0.5, 0.6) is 0 Å². The number of rotatable bonds is 10. The van der Waals surface area contributed by atoms with E-state index in [0.29, 0.717) is 25.8 Å². The normalized spacial score (nSPS) is 12.7. The summed E-state index contributed by atoms with van der Waals surface area (Å²) >= 11 is 0. The van der Waals surface area contributed by atoms with Crippen molar-refractivity contribution in [1.82, 2.24) is 10.6 Å². The van der Waals surface area contributed by atoms with E-state index in [0.717, 1.165) is 22.3 Å². The molecule has 3 N–H and O–H groups in total. The molecule has 0 heterocycles. The number of aliphatic carboxylic acids is 1. The van der Waals surface area contributed by atoms with Crippen molar-refractivity contribution in [3.05, 3.63) is 59.7 Å². The van der Waals surface area contributed by atoms with Crippen LogP contribution in [0.4, 0.5) is 4.79 Å². The maximum atomic E-state index is 12.4. The van der Waals surface area contributed by atoms with Crippen LogP contribution in [0.1, 0.15) is 42.7 Å². The molecule has 166 valence electrons. The molecule has 0 fully saturated rings. The van der Waals surface area contributed by atoms with Crippen molar-refractivity contribution in [2.75, 3.05) is 13.2 Å². The van der Waals surface area contributed by atoms with Gasteiger partial charge < -0.3 is 20.5 Å². The van der Waals surface area contributed by atoms with E-state index >= 15 is 0 Å². The van der Waals surface area contributed by atoms with Crippen molar-refractivity contribution in [2.45, 2.75) is 37.6 Å². The second-order valence-electron chi connectivity index (χ2n) is 7.53. The Kier molecular flexibility index (Phi) is 7.81. The highest BCUT2D eigenvalue weighted by atomic mass is 16.5. The van der Waals surface area contributed by atoms with Crippen LogP contribution in [0.15, 0.2) is 48.5 Å². The molecule has 2 aromatic carbocycles. The predicted molar refractivity (Wildman–Crippen MR) is 117 cm³/mol. The van der Waals surface area contributed by atoms with Crippen molar-refractivity contribution in [3.8, 4) is 17.2 Å². The molecule has 0 spiro atoms. The third-order valence-electron chi connectivity index (χ3n) is 5.35. The highest BCUT2D eigenvalue weighted by Gasteiger charge is 2.30. The average Bonchev–Trinajstić information content (AvgIpc) is 3.10. The maximum absolute atomic E-state index is 12.4. The minimum atomic E-state index is -1.25. The Bertz CT molecular complexity index is 985. The molecule has 1 aliphatic carbocycles. The second-order valence-corrected chi connectivity index (χ2v) is 7.53. The number of unbranched alkanes of at least 4 members (excludes halogenated alkanes) is 2. The number of nitrogens with zero attached hydrogens (tertiary/aromatic N) is 1. The molecule has 1 unspecified atom stereocenters. The topological polar surface area (TPSA) is 129 Å². The Morgan fingerprint density at radius 2 is 1.66 bits per heavy atom. The number of carboxylic acids is 1. The summed E-state index contributed by atoms with van der Waals surface area (Å²) in [5, 5.41) is 22.6. The number of benzene rings is 2. The first-order valence-electron chi connectivity index (χ1n) is 10.5. The number of carbonyl (C=O) groups excluding carboxylic acids is 2. The van der Waals surface area contributed by atoms with Gasteiger partial charge in [0, 0.05) is 18.9 Å². The first-order chi connectivity index (χ1) is 15.5. The molecule has 1 atom stereocenters. The van der Waals surface area contributed by atoms with Crippen molar-refractivity contribution in [1.29, 1.82) is 5.26 Å². The summed E-state index contributed by atoms with van der Waals surface area (Å²) in [5.74, 6) is -1.95. The van der Waals surface area contributed by atoms with Gasteiger partial charge in [0.2, 0.25) is 5.91 Å². The molecular weight excluding hydrogens is 410 g/mol. The fourth-order valence-electron chi connectivity index (χ4n) is 3.83. The lowest BCUT2D eigenvalue weighted by atomic mass is 9.98. The largest absolute Gasteiger partial charge is 0.481 e. The van der Waals surface area contributed by atoms with Crippen molar-refractivity contribution in [2.24, 2.45) is 0 Å². The third-order valence-corrected chi connectivity index (χ3v) is 5.35. The third kappa shape index (κ3) is 5.64. The molecule has 0 radical (unpaired) electrons. The Balaban J connectivity index is 1.59. The van der Waals surface area contributed by atoms with E-state index in [2.05, 4.69) is 10.6 Å². The lowest BCUT2D eigenvalue weighted by Gasteiger charge is -2.18. The minimum Gasteiger partial charge on any atom is -0.481 e. The van der Waals surface area contributed by atoms with Gasteiger partial charge in [0.25, 0.3) is 0 Å². The molecule has 3 rings (SSSR count). The molecule has 0 bridgehead atoms. The molecule has 32 heavy (non-hydrogen) atoms. The van der Waals surface area contributed by atoms with Gasteiger partial charge in [-0.1, -0.05) is 48.5 Å². The maximum Gasteiger partial charge on any atom is 0.407 e. The number of nitriles is 1. The van der Waals surface area contributed by atoms with Crippen molar-refractivity contribution >= 4 is 18.0 Å². The standard InChI is InChI=1S/C24H25N3O5/c25-12-6-1-7-13-26-23(30)21(14-22(28)29)27-24(31)32-15-20-18-10-4-2-8-16(18)17-9-3-5-11-19(17)20/h2-5,8-11,20-21H,1,6-7,13-15H2,(H,26,30)(H,27,31)(H,28,29). The summed E-state index contributed by atoms with van der Waals surface area (Å²) < 4.78 is 5.40. The minimum absolute atomic E-state index is 0.0649. The first kappa shape index (κ1) is 22.8. The fourth-order valence-corrected chi connectivity index (χ4v) is 3.83. The summed E-state index contributed by atoms with van der Waals surface area (Å²) in [7, 11) is 0. The molecule has 2 aromatic rings. The van der Waals surface area contributed by atoms with E-state index in [1.807, 2.05) is 54.6 Å². The number of hydrogen-bond acceptors (Lipinski definition) is 5. The zero-order chi connectivity index (χ0) is 22.9. The smallest absolute Gasteiger partial charge is 0.407 e. The van der Waals surface area contributed by atoms with Crippen LogP contribution in [-0.4, -0.2) is 42.3 Å². The van der Waals surface area contributed by atoms with Gasteiger partial charge in [-0.15, -0.1) is 0 Å². The molecule has 1 aliphatic rings. The number of fused-ring (bicyclic) bond motifs is 3. The molecule has 0 saturated carbocycles. The summed E-state index contributed by atoms with van der Waals surface area (Å²) in [6.45, 7) is 0.360. The van der Waals surface area contributed by atoms with Crippen molar-refractivity contribution in [3.63, 3.8) is 0 Å². The van der Waals surface area contributed by atoms with Gasteiger partial charge in [-0.2, -0.15) is 5.26 Å². The SMILES string of the molecule is N#CCCCCNC(=O)C(CC(=O)O)NC(=O)OCC1c2ccccc2-c2ccccc21. The zero-order valence-corrected chi connectivity index (χ0v) is 17.5. The molecule has 0 saturated heterocycles. The number of carboxylic acid groups (broad SMARTS) is 1. The van der Waals surface area contributed by atoms with Crippen LogP contribution in [0.25, 0.3) is 11.1 Å². The van der Waals surface area contributed by atoms with Crippen LogP contribution < -0.4 is 10.6 Å². The van der Waals surface area contributed by atoms with E-state index in [9.17, 15) is 14.4 Å². The summed E-state index contributed by atoms with van der Waals surface area (Å²) in [5.41, 5.74) is 4.30. The van der Waals surface area contributed by atoms with Gasteiger partial charge >= 0.3 is 12.1 Å². The summed E-state index contributed by atoms with van der Waals surface area (Å²) in [4.78, 5) is 35.9. The lowest BCUT2D eigenvalue weighted by molar-refractivity contribution is -0.139. The number of alkyl carbamates (subject to hydrolysis) is 1. The quantitative estimate of drug-likeness (QED) is 0.492. The van der Waals surface area contributed by atoms with Gasteiger partial charge in [-0.05, 0) is 35.1 Å². The Labute approximate surface area is 186 Å². The monoisotopic (exact) mass is 435 g/mol. The molecule has 0 aliphatic heterocycles. The molecular formula is C24H25N3O5. The fraction of sp³-hybridized carbons (Fsp3) is 0.333. The highest BCUT2D eigenvalue weighted by Crippen LogP contribution is 2.44. The van der Waals surface area contributed by atoms with Gasteiger partial charge in [0.05, 0.1) is 12.5 Å². The Morgan fingerprint density at radius 1 is 1.03 bits per heavy atom. The predicted octanol–water partition coefficient (Wildman–Crippen LogP) is 3.18. The van der Waals surface area contributed by atoms with E-state index in [1.165, 1.54) is 0 Å². The van der Waals surface area contributed by atoms with E-state index in [1.54, 1.807) is 0 Å². The van der Waals surface area contributed by atoms with E-state index in [-0.39, 0.29) is 12.5 Å². The molecule has 8 nitrogen and oxygen atoms in total. The van der Waals surface area contributed by atoms with Crippen molar-refractivity contribution < 1.29 is 24.2 Å². The number of carbonyl (C=O) groups is 3. The Hall–Kier alpha value is -3.86.